The SMILES string of the molecule is CCOC(=O)C1CCN(C(=O)CSc2nnc(-c3ccco3)n2-c2cccc(C)c2)CC1. The zero-order chi connectivity index (χ0) is 22.5. The third kappa shape index (κ3) is 4.88. The second-order valence-corrected chi connectivity index (χ2v) is 8.60. The average molecular weight is 455 g/mol. The van der Waals surface area contributed by atoms with Gasteiger partial charge in [-0.25, -0.2) is 0 Å². The summed E-state index contributed by atoms with van der Waals surface area (Å²) in [5.41, 5.74) is 2.02. The Labute approximate surface area is 190 Å². The number of nitrogens with zero attached hydrogens (tertiary/aromatic N) is 4. The summed E-state index contributed by atoms with van der Waals surface area (Å²) in [6.45, 7) is 5.34. The highest BCUT2D eigenvalue weighted by Gasteiger charge is 2.28. The van der Waals surface area contributed by atoms with Crippen molar-refractivity contribution in [3.8, 4) is 17.3 Å². The summed E-state index contributed by atoms with van der Waals surface area (Å²) in [4.78, 5) is 26.6. The number of thioether (sulfide) groups is 1. The number of likely N-dealkylation sites (tertiary alicyclic amines) is 1. The van der Waals surface area contributed by atoms with Gasteiger partial charge in [-0.15, -0.1) is 10.2 Å². The van der Waals surface area contributed by atoms with Crippen LogP contribution in [0.1, 0.15) is 25.3 Å². The highest BCUT2D eigenvalue weighted by atomic mass is 32.2. The fourth-order valence-electron chi connectivity index (χ4n) is 3.77. The molecule has 0 spiro atoms. The first-order valence-electron chi connectivity index (χ1n) is 10.7. The number of hydrogen-bond donors (Lipinski definition) is 0. The zero-order valence-electron chi connectivity index (χ0n) is 18.2. The van der Waals surface area contributed by atoms with E-state index in [9.17, 15) is 9.59 Å². The predicted molar refractivity (Wildman–Crippen MR) is 120 cm³/mol. The summed E-state index contributed by atoms with van der Waals surface area (Å²) in [5.74, 6) is 1.18. The van der Waals surface area contributed by atoms with Crippen molar-refractivity contribution in [2.24, 2.45) is 5.92 Å². The quantitative estimate of drug-likeness (QED) is 0.397. The lowest BCUT2D eigenvalue weighted by molar-refractivity contribution is -0.151. The number of piperidine rings is 1. The van der Waals surface area contributed by atoms with E-state index in [0.717, 1.165) is 11.3 Å². The first-order valence-corrected chi connectivity index (χ1v) is 11.7. The van der Waals surface area contributed by atoms with E-state index in [0.29, 0.717) is 49.3 Å². The Morgan fingerprint density at radius 3 is 2.69 bits per heavy atom. The van der Waals surface area contributed by atoms with Crippen LogP contribution < -0.4 is 0 Å². The van der Waals surface area contributed by atoms with Crippen molar-refractivity contribution in [1.82, 2.24) is 19.7 Å². The van der Waals surface area contributed by atoms with E-state index in [-0.39, 0.29) is 23.5 Å². The van der Waals surface area contributed by atoms with Gasteiger partial charge in [-0.05, 0) is 56.5 Å². The van der Waals surface area contributed by atoms with Gasteiger partial charge < -0.3 is 14.1 Å². The number of esters is 1. The molecule has 1 fully saturated rings. The van der Waals surface area contributed by atoms with Gasteiger partial charge in [-0.2, -0.15) is 0 Å². The maximum absolute atomic E-state index is 12.8. The van der Waals surface area contributed by atoms with E-state index in [2.05, 4.69) is 10.2 Å². The van der Waals surface area contributed by atoms with Gasteiger partial charge in [0.1, 0.15) is 0 Å². The molecule has 0 unspecified atom stereocenters. The minimum atomic E-state index is -0.161. The van der Waals surface area contributed by atoms with Crippen molar-refractivity contribution in [3.63, 3.8) is 0 Å². The van der Waals surface area contributed by atoms with Gasteiger partial charge in [-0.1, -0.05) is 23.9 Å². The first-order chi connectivity index (χ1) is 15.6. The number of amides is 1. The third-order valence-corrected chi connectivity index (χ3v) is 6.34. The highest BCUT2D eigenvalue weighted by Crippen LogP contribution is 2.29. The van der Waals surface area contributed by atoms with E-state index >= 15 is 0 Å². The van der Waals surface area contributed by atoms with Crippen LogP contribution in [0.3, 0.4) is 0 Å². The number of carbonyl (C=O) groups is 2. The number of aryl methyl sites for hydroxylation is 1. The molecule has 0 bridgehead atoms. The van der Waals surface area contributed by atoms with E-state index in [1.807, 2.05) is 46.7 Å². The fraction of sp³-hybridized carbons (Fsp3) is 0.391. The van der Waals surface area contributed by atoms with Gasteiger partial charge in [0, 0.05) is 13.1 Å². The first kappa shape index (κ1) is 22.1. The van der Waals surface area contributed by atoms with Gasteiger partial charge in [-0.3, -0.25) is 14.2 Å². The summed E-state index contributed by atoms with van der Waals surface area (Å²) in [5, 5.41) is 9.28. The normalized spacial score (nSPS) is 14.5. The number of hydrogen-bond acceptors (Lipinski definition) is 7. The van der Waals surface area contributed by atoms with Crippen molar-refractivity contribution in [3.05, 3.63) is 48.2 Å². The second kappa shape index (κ2) is 10.0. The molecule has 1 aromatic carbocycles. The van der Waals surface area contributed by atoms with Crippen LogP contribution in [0.2, 0.25) is 0 Å². The van der Waals surface area contributed by atoms with E-state index in [1.54, 1.807) is 19.3 Å². The van der Waals surface area contributed by atoms with Crippen LogP contribution in [0.4, 0.5) is 0 Å². The number of ether oxygens (including phenoxy) is 1. The lowest BCUT2D eigenvalue weighted by Crippen LogP contribution is -2.41. The van der Waals surface area contributed by atoms with Crippen molar-refractivity contribution in [1.29, 1.82) is 0 Å². The van der Waals surface area contributed by atoms with E-state index < -0.39 is 0 Å². The molecule has 2 aromatic heterocycles. The maximum Gasteiger partial charge on any atom is 0.309 e. The predicted octanol–water partition coefficient (Wildman–Crippen LogP) is 3.73. The monoisotopic (exact) mass is 454 g/mol. The average Bonchev–Trinajstić information content (AvgIpc) is 3.47. The Morgan fingerprint density at radius 1 is 1.19 bits per heavy atom. The van der Waals surface area contributed by atoms with Crippen molar-refractivity contribution < 1.29 is 18.7 Å². The Hall–Kier alpha value is -3.07. The summed E-state index contributed by atoms with van der Waals surface area (Å²) >= 11 is 1.35. The molecule has 168 valence electrons. The molecule has 0 saturated carbocycles. The topological polar surface area (TPSA) is 90.5 Å². The number of carbonyl (C=O) groups excluding carboxylic acids is 2. The van der Waals surface area contributed by atoms with Crippen LogP contribution in [0, 0.1) is 12.8 Å². The highest BCUT2D eigenvalue weighted by molar-refractivity contribution is 7.99. The minimum Gasteiger partial charge on any atom is -0.466 e. The standard InChI is InChI=1S/C23H26N4O4S/c1-3-30-22(29)17-9-11-26(12-10-17)20(28)15-32-23-25-24-21(19-8-5-13-31-19)27(23)18-7-4-6-16(2)14-18/h4-8,13-14,17H,3,9-12,15H2,1-2H3. The third-order valence-electron chi connectivity index (χ3n) is 5.43. The van der Waals surface area contributed by atoms with Crippen LogP contribution in [0.5, 0.6) is 0 Å². The van der Waals surface area contributed by atoms with Crippen LogP contribution in [-0.4, -0.2) is 57.0 Å². The molecule has 9 heteroatoms. The van der Waals surface area contributed by atoms with Gasteiger partial charge in [0.25, 0.3) is 0 Å². The van der Waals surface area contributed by atoms with Gasteiger partial charge >= 0.3 is 5.97 Å². The second-order valence-electron chi connectivity index (χ2n) is 7.65. The lowest BCUT2D eigenvalue weighted by atomic mass is 9.97. The molecule has 0 radical (unpaired) electrons. The largest absolute Gasteiger partial charge is 0.466 e. The van der Waals surface area contributed by atoms with Crippen molar-refractivity contribution in [2.75, 3.05) is 25.4 Å². The van der Waals surface area contributed by atoms with E-state index in [1.165, 1.54) is 11.8 Å². The van der Waals surface area contributed by atoms with Crippen LogP contribution in [0.15, 0.2) is 52.2 Å². The molecule has 0 N–H and O–H groups in total. The van der Waals surface area contributed by atoms with Crippen LogP contribution in [0.25, 0.3) is 17.3 Å². The molecule has 1 amide bonds. The molecule has 1 saturated heterocycles. The van der Waals surface area contributed by atoms with Gasteiger partial charge in [0.15, 0.2) is 10.9 Å². The minimum absolute atomic E-state index is 0.0237. The van der Waals surface area contributed by atoms with E-state index in [4.69, 9.17) is 9.15 Å². The van der Waals surface area contributed by atoms with Crippen LogP contribution >= 0.6 is 11.8 Å². The molecule has 0 atom stereocenters. The Morgan fingerprint density at radius 2 is 2.00 bits per heavy atom. The summed E-state index contributed by atoms with van der Waals surface area (Å²) in [6, 6.07) is 11.7. The Balaban J connectivity index is 1.46. The smallest absolute Gasteiger partial charge is 0.309 e. The van der Waals surface area contributed by atoms with Crippen molar-refractivity contribution >= 4 is 23.6 Å². The number of benzene rings is 1. The Bertz CT molecular complexity index is 1070. The van der Waals surface area contributed by atoms with Crippen molar-refractivity contribution in [2.45, 2.75) is 31.8 Å². The molecule has 3 aromatic rings. The number of rotatable bonds is 7. The number of aromatic nitrogens is 3. The van der Waals surface area contributed by atoms with Gasteiger partial charge in [0.05, 0.1) is 30.2 Å². The molecular formula is C23H26N4O4S. The number of furan rings is 1. The molecule has 3 heterocycles. The molecule has 1 aliphatic rings. The van der Waals surface area contributed by atoms with Gasteiger partial charge in [0.2, 0.25) is 11.7 Å². The lowest BCUT2D eigenvalue weighted by Gasteiger charge is -2.30. The molecule has 32 heavy (non-hydrogen) atoms. The summed E-state index contributed by atoms with van der Waals surface area (Å²) in [6.07, 6.45) is 2.87. The molecule has 0 aliphatic carbocycles. The summed E-state index contributed by atoms with van der Waals surface area (Å²) < 4.78 is 12.6. The molecule has 8 nitrogen and oxygen atoms in total. The summed E-state index contributed by atoms with van der Waals surface area (Å²) in [7, 11) is 0. The fourth-order valence-corrected chi connectivity index (χ4v) is 4.63. The zero-order valence-corrected chi connectivity index (χ0v) is 19.0. The molecule has 1 aliphatic heterocycles. The Kier molecular flexibility index (Phi) is 6.94. The maximum atomic E-state index is 12.8. The van der Waals surface area contributed by atoms with Crippen LogP contribution in [-0.2, 0) is 14.3 Å². The molecular weight excluding hydrogens is 428 g/mol. The molecule has 4 rings (SSSR count).